The van der Waals surface area contributed by atoms with Crippen molar-refractivity contribution in [2.24, 2.45) is 10.9 Å². The minimum Gasteiger partial charge on any atom is -0.469 e. The Morgan fingerprint density at radius 3 is 2.48 bits per heavy atom. The third-order valence-corrected chi connectivity index (χ3v) is 6.34. The number of esters is 1. The molecular formula is C22H35ClIN5O2. The van der Waals surface area contributed by atoms with Crippen LogP contribution >= 0.6 is 35.6 Å². The molecule has 0 saturated carbocycles. The summed E-state index contributed by atoms with van der Waals surface area (Å²) in [6.45, 7) is 9.06. The van der Waals surface area contributed by atoms with Gasteiger partial charge in [0.05, 0.1) is 19.6 Å². The van der Waals surface area contributed by atoms with Crippen LogP contribution in [0.3, 0.4) is 0 Å². The van der Waals surface area contributed by atoms with E-state index in [1.807, 2.05) is 12.1 Å². The first-order valence-corrected chi connectivity index (χ1v) is 11.2. The van der Waals surface area contributed by atoms with Gasteiger partial charge in [0.1, 0.15) is 0 Å². The molecule has 0 aromatic heterocycles. The number of piperazine rings is 1. The number of benzene rings is 1. The Labute approximate surface area is 208 Å². The number of ether oxygens (including phenoxy) is 1. The molecule has 0 aliphatic carbocycles. The Balaban J connectivity index is 0.00000341. The number of nitrogens with zero attached hydrogens (tertiary/aromatic N) is 4. The van der Waals surface area contributed by atoms with Crippen molar-refractivity contribution in [3.63, 3.8) is 0 Å². The zero-order valence-corrected chi connectivity index (χ0v) is 21.9. The van der Waals surface area contributed by atoms with Gasteiger partial charge in [-0.15, -0.1) is 24.0 Å². The number of carbonyl (C=O) groups is 1. The monoisotopic (exact) mass is 563 g/mol. The van der Waals surface area contributed by atoms with E-state index < -0.39 is 0 Å². The molecular weight excluding hydrogens is 529 g/mol. The fourth-order valence-electron chi connectivity index (χ4n) is 4.12. The Morgan fingerprint density at radius 2 is 1.87 bits per heavy atom. The van der Waals surface area contributed by atoms with Crippen LogP contribution in [-0.4, -0.2) is 81.7 Å². The number of halogens is 2. The predicted molar refractivity (Wildman–Crippen MR) is 138 cm³/mol. The van der Waals surface area contributed by atoms with Crippen LogP contribution in [0.5, 0.6) is 0 Å². The first kappa shape index (κ1) is 26.0. The number of likely N-dealkylation sites (N-methyl/N-ethyl adjacent to an activating group) is 1. The van der Waals surface area contributed by atoms with Gasteiger partial charge in [0.2, 0.25) is 0 Å². The minimum atomic E-state index is -0.107. The summed E-state index contributed by atoms with van der Waals surface area (Å²) in [7, 11) is 3.62. The number of aliphatic imine (C=N–C) groups is 1. The van der Waals surface area contributed by atoms with Gasteiger partial charge in [-0.1, -0.05) is 17.7 Å². The second-order valence-corrected chi connectivity index (χ2v) is 8.39. The number of hydrogen-bond donors (Lipinski definition) is 1. The van der Waals surface area contributed by atoms with Gasteiger partial charge in [-0.25, -0.2) is 4.99 Å². The molecule has 0 spiro atoms. The summed E-state index contributed by atoms with van der Waals surface area (Å²) in [5, 5.41) is 4.16. The molecule has 3 rings (SSSR count). The van der Waals surface area contributed by atoms with E-state index in [0.29, 0.717) is 6.54 Å². The molecule has 2 fully saturated rings. The first-order chi connectivity index (χ1) is 14.5. The van der Waals surface area contributed by atoms with Gasteiger partial charge < -0.3 is 24.8 Å². The van der Waals surface area contributed by atoms with Crippen LogP contribution in [-0.2, 0) is 16.1 Å². The van der Waals surface area contributed by atoms with Gasteiger partial charge in [-0.05, 0) is 38.9 Å². The lowest BCUT2D eigenvalue weighted by Crippen LogP contribution is -2.46. The highest BCUT2D eigenvalue weighted by molar-refractivity contribution is 14.0. The second-order valence-electron chi connectivity index (χ2n) is 7.98. The fraction of sp³-hybridized carbons (Fsp3) is 0.636. The average Bonchev–Trinajstić information content (AvgIpc) is 2.77. The topological polar surface area (TPSA) is 60.4 Å². The van der Waals surface area contributed by atoms with E-state index in [0.717, 1.165) is 75.2 Å². The highest BCUT2D eigenvalue weighted by Gasteiger charge is 2.27. The number of methoxy groups -OCH3 is 1. The van der Waals surface area contributed by atoms with Crippen molar-refractivity contribution in [1.82, 2.24) is 15.1 Å². The predicted octanol–water partition coefficient (Wildman–Crippen LogP) is 3.06. The number of likely N-dealkylation sites (tertiary alicyclic amines) is 1. The summed E-state index contributed by atoms with van der Waals surface area (Å²) >= 11 is 6.60. The maximum atomic E-state index is 11.8. The molecule has 1 N–H and O–H groups in total. The second kappa shape index (κ2) is 12.7. The maximum absolute atomic E-state index is 11.8. The normalized spacial score (nSPS) is 18.5. The summed E-state index contributed by atoms with van der Waals surface area (Å²) in [6.07, 6.45) is 1.57. The maximum Gasteiger partial charge on any atom is 0.308 e. The quantitative estimate of drug-likeness (QED) is 0.257. The van der Waals surface area contributed by atoms with Crippen LogP contribution in [0.1, 0.15) is 25.3 Å². The van der Waals surface area contributed by atoms with Crippen LogP contribution in [0.2, 0.25) is 5.02 Å². The summed E-state index contributed by atoms with van der Waals surface area (Å²) in [6, 6.07) is 6.11. The van der Waals surface area contributed by atoms with Crippen LogP contribution in [0.25, 0.3) is 0 Å². The number of carbonyl (C=O) groups excluding carboxylic acids is 1. The minimum absolute atomic E-state index is 0. The SMILES string of the molecule is CCNC(=NCc1c(Cl)cccc1N1CCN(C)CC1)N1CCC(C(=O)OC)CC1.I. The number of piperidine rings is 1. The van der Waals surface area contributed by atoms with Crippen molar-refractivity contribution in [2.75, 3.05) is 64.9 Å². The largest absolute Gasteiger partial charge is 0.469 e. The van der Waals surface area contributed by atoms with E-state index in [9.17, 15) is 4.79 Å². The van der Waals surface area contributed by atoms with Gasteiger partial charge in [0.25, 0.3) is 0 Å². The highest BCUT2D eigenvalue weighted by atomic mass is 127. The average molecular weight is 564 g/mol. The van der Waals surface area contributed by atoms with E-state index in [2.05, 4.69) is 40.1 Å². The van der Waals surface area contributed by atoms with Gasteiger partial charge >= 0.3 is 5.97 Å². The third-order valence-electron chi connectivity index (χ3n) is 5.99. The van der Waals surface area contributed by atoms with Crippen molar-refractivity contribution >= 4 is 53.2 Å². The van der Waals surface area contributed by atoms with Crippen LogP contribution < -0.4 is 10.2 Å². The van der Waals surface area contributed by atoms with Crippen molar-refractivity contribution in [3.05, 3.63) is 28.8 Å². The molecule has 1 aromatic rings. The fourth-order valence-corrected chi connectivity index (χ4v) is 4.35. The molecule has 2 aliphatic heterocycles. The zero-order valence-electron chi connectivity index (χ0n) is 18.8. The van der Waals surface area contributed by atoms with Gasteiger partial charge in [-0.3, -0.25) is 4.79 Å². The Bertz CT molecular complexity index is 747. The van der Waals surface area contributed by atoms with E-state index in [-0.39, 0.29) is 35.9 Å². The first-order valence-electron chi connectivity index (χ1n) is 10.9. The lowest BCUT2D eigenvalue weighted by molar-refractivity contribution is -0.146. The van der Waals surface area contributed by atoms with Crippen molar-refractivity contribution in [3.8, 4) is 0 Å². The molecule has 31 heavy (non-hydrogen) atoms. The van der Waals surface area contributed by atoms with Gasteiger partial charge in [-0.2, -0.15) is 0 Å². The summed E-state index contributed by atoms with van der Waals surface area (Å²) in [5.74, 6) is 0.760. The summed E-state index contributed by atoms with van der Waals surface area (Å²) in [5.41, 5.74) is 2.25. The molecule has 0 amide bonds. The van der Waals surface area contributed by atoms with Crippen molar-refractivity contribution in [1.29, 1.82) is 0 Å². The molecule has 0 atom stereocenters. The van der Waals surface area contributed by atoms with Gasteiger partial charge in [0.15, 0.2) is 5.96 Å². The Morgan fingerprint density at radius 1 is 1.19 bits per heavy atom. The molecule has 2 aliphatic rings. The Kier molecular flexibility index (Phi) is 10.6. The zero-order chi connectivity index (χ0) is 21.5. The lowest BCUT2D eigenvalue weighted by Gasteiger charge is -2.35. The molecule has 0 unspecified atom stereocenters. The number of nitrogens with one attached hydrogen (secondary N) is 1. The van der Waals surface area contributed by atoms with Crippen LogP contribution in [0.4, 0.5) is 5.69 Å². The van der Waals surface area contributed by atoms with Gasteiger partial charge in [0, 0.05) is 62.1 Å². The van der Waals surface area contributed by atoms with E-state index >= 15 is 0 Å². The highest BCUT2D eigenvalue weighted by Crippen LogP contribution is 2.29. The molecule has 0 radical (unpaired) electrons. The standard InChI is InChI=1S/C22H34ClN5O2.HI/c1-4-24-22(28-10-8-17(9-11-28)21(29)30-3)25-16-18-19(23)6-5-7-20(18)27-14-12-26(2)13-15-27;/h5-7,17H,4,8-16H2,1-3H3,(H,24,25);1H. The number of hydrogen-bond acceptors (Lipinski definition) is 5. The molecule has 7 nitrogen and oxygen atoms in total. The number of anilines is 1. The molecule has 1 aromatic carbocycles. The van der Waals surface area contributed by atoms with Crippen molar-refractivity contribution in [2.45, 2.75) is 26.3 Å². The summed E-state index contributed by atoms with van der Waals surface area (Å²) in [4.78, 5) is 23.7. The van der Waals surface area contributed by atoms with Crippen LogP contribution in [0, 0.1) is 5.92 Å². The van der Waals surface area contributed by atoms with Crippen LogP contribution in [0.15, 0.2) is 23.2 Å². The molecule has 174 valence electrons. The van der Waals surface area contributed by atoms with E-state index in [1.54, 1.807) is 0 Å². The number of guanidine groups is 1. The molecule has 0 bridgehead atoms. The summed E-state index contributed by atoms with van der Waals surface area (Å²) < 4.78 is 4.90. The molecule has 9 heteroatoms. The third kappa shape index (κ3) is 6.86. The van der Waals surface area contributed by atoms with Crippen molar-refractivity contribution < 1.29 is 9.53 Å². The Hall–Kier alpha value is -1.26. The van der Waals surface area contributed by atoms with E-state index in [1.165, 1.54) is 12.8 Å². The lowest BCUT2D eigenvalue weighted by atomic mass is 9.97. The smallest absolute Gasteiger partial charge is 0.308 e. The van der Waals surface area contributed by atoms with E-state index in [4.69, 9.17) is 21.3 Å². The number of rotatable bonds is 5. The molecule has 2 heterocycles. The molecule has 2 saturated heterocycles.